The van der Waals surface area contributed by atoms with E-state index in [0.717, 1.165) is 10.7 Å². The van der Waals surface area contributed by atoms with Crippen LogP contribution in [0, 0.1) is 5.92 Å². The van der Waals surface area contributed by atoms with Crippen LogP contribution in [0.25, 0.3) is 11.0 Å². The Kier molecular flexibility index (Phi) is 3.10. The summed E-state index contributed by atoms with van der Waals surface area (Å²) in [5.41, 5.74) is 0.323. The summed E-state index contributed by atoms with van der Waals surface area (Å²) in [6.07, 6.45) is 0.538. The van der Waals surface area contributed by atoms with Gasteiger partial charge in [0.15, 0.2) is 0 Å². The summed E-state index contributed by atoms with van der Waals surface area (Å²) in [6, 6.07) is 6.86. The molecule has 0 saturated carbocycles. The van der Waals surface area contributed by atoms with Gasteiger partial charge in [0.05, 0.1) is 0 Å². The SMILES string of the molecule is O=C1CC(CBr)CN1c1ccc2ccc(=O)[nH]c2n1. The van der Waals surface area contributed by atoms with Crippen molar-refractivity contribution < 1.29 is 4.79 Å². The van der Waals surface area contributed by atoms with Crippen molar-refractivity contribution in [1.29, 1.82) is 0 Å². The average Bonchev–Trinajstić information content (AvgIpc) is 2.79. The molecule has 2 aromatic rings. The van der Waals surface area contributed by atoms with Crippen molar-refractivity contribution in [3.05, 3.63) is 34.6 Å². The van der Waals surface area contributed by atoms with E-state index in [1.165, 1.54) is 6.07 Å². The van der Waals surface area contributed by atoms with Gasteiger partial charge < -0.3 is 4.98 Å². The van der Waals surface area contributed by atoms with Crippen LogP contribution >= 0.6 is 15.9 Å². The number of amides is 1. The van der Waals surface area contributed by atoms with Gasteiger partial charge in [0.2, 0.25) is 11.5 Å². The zero-order chi connectivity index (χ0) is 13.4. The Balaban J connectivity index is 2.01. The number of carbonyl (C=O) groups is 1. The minimum absolute atomic E-state index is 0.0783. The zero-order valence-corrected chi connectivity index (χ0v) is 11.7. The van der Waals surface area contributed by atoms with E-state index in [-0.39, 0.29) is 11.5 Å². The number of nitrogens with zero attached hydrogens (tertiary/aromatic N) is 2. The smallest absolute Gasteiger partial charge is 0.249 e. The van der Waals surface area contributed by atoms with E-state index in [2.05, 4.69) is 25.9 Å². The summed E-state index contributed by atoms with van der Waals surface area (Å²) >= 11 is 3.41. The number of nitrogens with one attached hydrogen (secondary N) is 1. The summed E-state index contributed by atoms with van der Waals surface area (Å²) < 4.78 is 0. The molecule has 3 rings (SSSR count). The van der Waals surface area contributed by atoms with Gasteiger partial charge in [0, 0.05) is 29.7 Å². The Morgan fingerprint density at radius 2 is 2.11 bits per heavy atom. The Bertz CT molecular complexity index is 698. The Morgan fingerprint density at radius 3 is 2.84 bits per heavy atom. The largest absolute Gasteiger partial charge is 0.307 e. The molecule has 0 aliphatic carbocycles. The number of fused-ring (bicyclic) bond motifs is 1. The van der Waals surface area contributed by atoms with Gasteiger partial charge in [-0.25, -0.2) is 4.98 Å². The highest BCUT2D eigenvalue weighted by Crippen LogP contribution is 2.25. The average molecular weight is 322 g/mol. The third kappa shape index (κ3) is 2.28. The molecular formula is C13H12BrN3O2. The minimum Gasteiger partial charge on any atom is -0.307 e. The van der Waals surface area contributed by atoms with Gasteiger partial charge in [-0.15, -0.1) is 0 Å². The molecule has 3 heterocycles. The molecule has 1 aliphatic rings. The summed E-state index contributed by atoms with van der Waals surface area (Å²) in [5, 5.41) is 1.66. The van der Waals surface area contributed by atoms with Crippen molar-refractivity contribution >= 4 is 38.7 Å². The van der Waals surface area contributed by atoms with Crippen LogP contribution in [0.15, 0.2) is 29.1 Å². The van der Waals surface area contributed by atoms with E-state index in [0.29, 0.717) is 30.3 Å². The molecule has 0 radical (unpaired) electrons. The van der Waals surface area contributed by atoms with E-state index in [9.17, 15) is 9.59 Å². The van der Waals surface area contributed by atoms with E-state index < -0.39 is 0 Å². The zero-order valence-electron chi connectivity index (χ0n) is 10.1. The lowest BCUT2D eigenvalue weighted by Crippen LogP contribution is -2.25. The number of pyridine rings is 2. The molecule has 0 bridgehead atoms. The molecule has 1 N–H and O–H groups in total. The van der Waals surface area contributed by atoms with Gasteiger partial charge in [0.1, 0.15) is 11.5 Å². The number of H-pyrrole nitrogens is 1. The predicted octanol–water partition coefficient (Wildman–Crippen LogP) is 1.67. The highest BCUT2D eigenvalue weighted by Gasteiger charge is 2.30. The van der Waals surface area contributed by atoms with E-state index in [1.807, 2.05) is 12.1 Å². The Labute approximate surface area is 117 Å². The van der Waals surface area contributed by atoms with Crippen LogP contribution in [-0.4, -0.2) is 27.7 Å². The van der Waals surface area contributed by atoms with Gasteiger partial charge >= 0.3 is 0 Å². The van der Waals surface area contributed by atoms with Crippen LogP contribution in [0.5, 0.6) is 0 Å². The standard InChI is InChI=1S/C13H12BrN3O2/c14-6-8-5-12(19)17(7-8)10-3-1-9-2-4-11(18)16-13(9)15-10/h1-4,8H,5-7H2,(H,15,16,18). The summed E-state index contributed by atoms with van der Waals surface area (Å²) in [7, 11) is 0. The molecule has 0 aromatic carbocycles. The van der Waals surface area contributed by atoms with Gasteiger partial charge in [-0.3, -0.25) is 14.5 Å². The lowest BCUT2D eigenvalue weighted by atomic mass is 10.2. The lowest BCUT2D eigenvalue weighted by molar-refractivity contribution is -0.117. The molecule has 6 heteroatoms. The van der Waals surface area contributed by atoms with Crippen LogP contribution in [0.2, 0.25) is 0 Å². The first-order chi connectivity index (χ1) is 9.17. The number of carbonyl (C=O) groups excluding carboxylic acids is 1. The highest BCUT2D eigenvalue weighted by molar-refractivity contribution is 9.09. The van der Waals surface area contributed by atoms with E-state index in [1.54, 1.807) is 11.0 Å². The third-order valence-electron chi connectivity index (χ3n) is 3.27. The quantitative estimate of drug-likeness (QED) is 0.856. The number of aromatic nitrogens is 2. The maximum Gasteiger partial charge on any atom is 0.249 e. The number of halogens is 1. The van der Waals surface area contributed by atoms with Crippen molar-refractivity contribution in [2.24, 2.45) is 5.92 Å². The van der Waals surface area contributed by atoms with E-state index >= 15 is 0 Å². The van der Waals surface area contributed by atoms with E-state index in [4.69, 9.17) is 0 Å². The molecule has 1 saturated heterocycles. The van der Waals surface area contributed by atoms with Crippen molar-refractivity contribution in [3.63, 3.8) is 0 Å². The first kappa shape index (κ1) is 12.3. The van der Waals surface area contributed by atoms with Gasteiger partial charge in [-0.1, -0.05) is 15.9 Å². The first-order valence-electron chi connectivity index (χ1n) is 6.04. The molecule has 1 atom stereocenters. The molecule has 2 aromatic heterocycles. The second kappa shape index (κ2) is 4.77. The van der Waals surface area contributed by atoms with Crippen LogP contribution in [0.4, 0.5) is 5.82 Å². The van der Waals surface area contributed by atoms with Crippen LogP contribution < -0.4 is 10.5 Å². The highest BCUT2D eigenvalue weighted by atomic mass is 79.9. The predicted molar refractivity (Wildman–Crippen MR) is 76.6 cm³/mol. The molecule has 1 aliphatic heterocycles. The summed E-state index contributed by atoms with van der Waals surface area (Å²) in [5.74, 6) is 0.997. The normalized spacial score (nSPS) is 19.3. The fourth-order valence-electron chi connectivity index (χ4n) is 2.27. The number of anilines is 1. The van der Waals surface area contributed by atoms with Gasteiger partial charge in [-0.2, -0.15) is 0 Å². The second-order valence-corrected chi connectivity index (χ2v) is 5.31. The second-order valence-electron chi connectivity index (χ2n) is 4.66. The number of hydrogen-bond acceptors (Lipinski definition) is 3. The van der Waals surface area contributed by atoms with Gasteiger partial charge in [0.25, 0.3) is 0 Å². The molecular weight excluding hydrogens is 310 g/mol. The molecule has 19 heavy (non-hydrogen) atoms. The van der Waals surface area contributed by atoms with Crippen molar-refractivity contribution in [1.82, 2.24) is 9.97 Å². The fraction of sp³-hybridized carbons (Fsp3) is 0.308. The monoisotopic (exact) mass is 321 g/mol. The van der Waals surface area contributed by atoms with Crippen LogP contribution in [0.1, 0.15) is 6.42 Å². The molecule has 98 valence electrons. The number of rotatable bonds is 2. The molecule has 5 nitrogen and oxygen atoms in total. The topological polar surface area (TPSA) is 66.1 Å². The first-order valence-corrected chi connectivity index (χ1v) is 7.16. The molecule has 0 spiro atoms. The fourth-order valence-corrected chi connectivity index (χ4v) is 2.71. The maximum atomic E-state index is 11.9. The van der Waals surface area contributed by atoms with Crippen LogP contribution in [0.3, 0.4) is 0 Å². The van der Waals surface area contributed by atoms with Gasteiger partial charge in [-0.05, 0) is 24.1 Å². The van der Waals surface area contributed by atoms with Crippen molar-refractivity contribution in [2.75, 3.05) is 16.8 Å². The molecule has 1 amide bonds. The summed E-state index contributed by atoms with van der Waals surface area (Å²) in [4.78, 5) is 32.0. The third-order valence-corrected chi connectivity index (χ3v) is 4.18. The lowest BCUT2D eigenvalue weighted by Gasteiger charge is -2.15. The molecule has 1 fully saturated rings. The Morgan fingerprint density at radius 1 is 1.32 bits per heavy atom. The maximum absolute atomic E-state index is 11.9. The number of aromatic amines is 1. The number of hydrogen-bond donors (Lipinski definition) is 1. The van der Waals surface area contributed by atoms with Crippen LogP contribution in [-0.2, 0) is 4.79 Å². The Hall–Kier alpha value is -1.69. The summed E-state index contributed by atoms with van der Waals surface area (Å²) in [6.45, 7) is 0.666. The number of alkyl halides is 1. The van der Waals surface area contributed by atoms with Crippen molar-refractivity contribution in [3.8, 4) is 0 Å². The molecule has 1 unspecified atom stereocenters. The minimum atomic E-state index is -0.191. The van der Waals surface area contributed by atoms with Crippen molar-refractivity contribution in [2.45, 2.75) is 6.42 Å².